The Bertz CT molecular complexity index is 829. The molecule has 2 N–H and O–H groups in total. The predicted octanol–water partition coefficient (Wildman–Crippen LogP) is 2.18. The second-order valence-electron chi connectivity index (χ2n) is 6.70. The van der Waals surface area contributed by atoms with Crippen LogP contribution in [-0.4, -0.2) is 32.6 Å². The van der Waals surface area contributed by atoms with Crippen molar-refractivity contribution < 1.29 is 14.7 Å². The standard InChI is InChI=1S/C19H25N3O4/c1-13(2)17(19(25)26)21-16(23)10-4-3-7-11-22-12-20-15-9-6-5-8-14(15)18(22)24/h5-6,8-9,12-13,17H,3-4,7,10-11H2,1-2H3,(H,21,23)(H,25,26)/t17-/m0/s1. The molecule has 1 amide bonds. The van der Waals surface area contributed by atoms with E-state index in [9.17, 15) is 14.4 Å². The quantitative estimate of drug-likeness (QED) is 0.668. The van der Waals surface area contributed by atoms with Crippen LogP contribution in [0.1, 0.15) is 39.5 Å². The molecule has 0 bridgehead atoms. The number of carbonyl (C=O) groups excluding carboxylic acids is 1. The van der Waals surface area contributed by atoms with Crippen molar-refractivity contribution in [3.63, 3.8) is 0 Å². The SMILES string of the molecule is CC(C)[C@H](NC(=O)CCCCCn1cnc2ccccc2c1=O)C(=O)O. The van der Waals surface area contributed by atoms with Crippen LogP contribution in [0.4, 0.5) is 0 Å². The number of fused-ring (bicyclic) bond motifs is 1. The lowest BCUT2D eigenvalue weighted by Gasteiger charge is -2.17. The van der Waals surface area contributed by atoms with E-state index in [4.69, 9.17) is 5.11 Å². The third kappa shape index (κ3) is 5.15. The number of carboxylic acid groups (broad SMARTS) is 1. The van der Waals surface area contributed by atoms with Crippen LogP contribution in [0.2, 0.25) is 0 Å². The summed E-state index contributed by atoms with van der Waals surface area (Å²) in [7, 11) is 0. The first kappa shape index (κ1) is 19.6. The molecule has 140 valence electrons. The zero-order valence-corrected chi connectivity index (χ0v) is 15.1. The number of nitrogens with one attached hydrogen (secondary N) is 1. The van der Waals surface area contributed by atoms with Gasteiger partial charge >= 0.3 is 5.97 Å². The van der Waals surface area contributed by atoms with E-state index in [-0.39, 0.29) is 23.8 Å². The van der Waals surface area contributed by atoms with Crippen molar-refractivity contribution in [2.45, 2.75) is 52.1 Å². The fraction of sp³-hybridized carbons (Fsp3) is 0.474. The molecule has 0 spiro atoms. The maximum absolute atomic E-state index is 12.4. The number of amides is 1. The first-order valence-corrected chi connectivity index (χ1v) is 8.86. The van der Waals surface area contributed by atoms with E-state index in [1.807, 2.05) is 12.1 Å². The third-order valence-electron chi connectivity index (χ3n) is 4.28. The highest BCUT2D eigenvalue weighted by Gasteiger charge is 2.22. The summed E-state index contributed by atoms with van der Waals surface area (Å²) in [5.41, 5.74) is 0.623. The summed E-state index contributed by atoms with van der Waals surface area (Å²) >= 11 is 0. The second-order valence-corrected chi connectivity index (χ2v) is 6.70. The summed E-state index contributed by atoms with van der Waals surface area (Å²) < 4.78 is 1.58. The normalized spacial score (nSPS) is 12.3. The molecule has 1 heterocycles. The molecule has 0 aliphatic rings. The van der Waals surface area contributed by atoms with Gasteiger partial charge in [-0.25, -0.2) is 9.78 Å². The van der Waals surface area contributed by atoms with Crippen molar-refractivity contribution in [1.82, 2.24) is 14.9 Å². The van der Waals surface area contributed by atoms with Gasteiger partial charge in [0.2, 0.25) is 5.91 Å². The molecule has 7 nitrogen and oxygen atoms in total. The first-order valence-electron chi connectivity index (χ1n) is 8.86. The molecule has 2 aromatic rings. The lowest BCUT2D eigenvalue weighted by molar-refractivity contribution is -0.143. The molecule has 2 rings (SSSR count). The zero-order valence-electron chi connectivity index (χ0n) is 15.1. The molecular formula is C19H25N3O4. The molecule has 1 aromatic heterocycles. The summed E-state index contributed by atoms with van der Waals surface area (Å²) in [5.74, 6) is -1.43. The van der Waals surface area contributed by atoms with E-state index >= 15 is 0 Å². The van der Waals surface area contributed by atoms with Gasteiger partial charge in [0.15, 0.2) is 0 Å². The topological polar surface area (TPSA) is 101 Å². The largest absolute Gasteiger partial charge is 0.480 e. The number of hydrogen-bond donors (Lipinski definition) is 2. The van der Waals surface area contributed by atoms with Crippen LogP contribution in [-0.2, 0) is 16.1 Å². The molecule has 0 saturated heterocycles. The van der Waals surface area contributed by atoms with E-state index in [1.54, 1.807) is 36.9 Å². The number of unbranched alkanes of at least 4 members (excludes halogenated alkanes) is 2. The van der Waals surface area contributed by atoms with Crippen LogP contribution in [0.3, 0.4) is 0 Å². The third-order valence-corrected chi connectivity index (χ3v) is 4.28. The monoisotopic (exact) mass is 359 g/mol. The van der Waals surface area contributed by atoms with Gasteiger partial charge in [-0.2, -0.15) is 0 Å². The molecule has 0 fully saturated rings. The summed E-state index contributed by atoms with van der Waals surface area (Å²) in [4.78, 5) is 39.6. The lowest BCUT2D eigenvalue weighted by atomic mass is 10.0. The zero-order chi connectivity index (χ0) is 19.1. The number of aliphatic carboxylic acids is 1. The maximum atomic E-state index is 12.4. The Kier molecular flexibility index (Phi) is 6.89. The molecule has 7 heteroatoms. The molecule has 0 saturated carbocycles. The van der Waals surface area contributed by atoms with Gasteiger partial charge in [0.05, 0.1) is 17.2 Å². The fourth-order valence-corrected chi connectivity index (χ4v) is 2.77. The van der Waals surface area contributed by atoms with E-state index in [0.29, 0.717) is 23.9 Å². The van der Waals surface area contributed by atoms with Crippen molar-refractivity contribution in [3.05, 3.63) is 40.9 Å². The molecule has 1 atom stereocenters. The minimum atomic E-state index is -1.02. The van der Waals surface area contributed by atoms with Crippen molar-refractivity contribution in [1.29, 1.82) is 0 Å². The number of carbonyl (C=O) groups is 2. The van der Waals surface area contributed by atoms with Gasteiger partial charge in [-0.1, -0.05) is 32.4 Å². The molecule has 1 aromatic carbocycles. The predicted molar refractivity (Wildman–Crippen MR) is 98.9 cm³/mol. The summed E-state index contributed by atoms with van der Waals surface area (Å²) in [5, 5.41) is 12.2. The van der Waals surface area contributed by atoms with E-state index in [2.05, 4.69) is 10.3 Å². The van der Waals surface area contributed by atoms with Crippen LogP contribution in [0, 0.1) is 5.92 Å². The van der Waals surface area contributed by atoms with E-state index < -0.39 is 12.0 Å². The Labute approximate surface area is 152 Å². The average Bonchev–Trinajstić information content (AvgIpc) is 2.60. The number of rotatable bonds is 9. The van der Waals surface area contributed by atoms with E-state index in [1.165, 1.54) is 0 Å². The Hall–Kier alpha value is -2.70. The summed E-state index contributed by atoms with van der Waals surface area (Å²) in [6, 6.07) is 6.37. The highest BCUT2D eigenvalue weighted by molar-refractivity contribution is 5.83. The van der Waals surface area contributed by atoms with Crippen molar-refractivity contribution >= 4 is 22.8 Å². The van der Waals surface area contributed by atoms with Crippen LogP contribution in [0.25, 0.3) is 10.9 Å². The Morgan fingerprint density at radius 1 is 1.19 bits per heavy atom. The van der Waals surface area contributed by atoms with E-state index in [0.717, 1.165) is 12.8 Å². The van der Waals surface area contributed by atoms with Gasteiger partial charge in [-0.15, -0.1) is 0 Å². The van der Waals surface area contributed by atoms with Gasteiger partial charge in [-0.3, -0.25) is 14.2 Å². The number of benzene rings is 1. The smallest absolute Gasteiger partial charge is 0.326 e. The van der Waals surface area contributed by atoms with Crippen molar-refractivity contribution in [2.24, 2.45) is 5.92 Å². The highest BCUT2D eigenvalue weighted by Crippen LogP contribution is 2.07. The molecule has 0 aliphatic carbocycles. The van der Waals surface area contributed by atoms with Gasteiger partial charge in [0.1, 0.15) is 6.04 Å². The van der Waals surface area contributed by atoms with Crippen LogP contribution in [0.5, 0.6) is 0 Å². The number of carboxylic acids is 1. The van der Waals surface area contributed by atoms with Crippen LogP contribution in [0.15, 0.2) is 35.4 Å². The molecule has 0 unspecified atom stereocenters. The molecule has 26 heavy (non-hydrogen) atoms. The van der Waals surface area contributed by atoms with Gasteiger partial charge in [-0.05, 0) is 30.9 Å². The van der Waals surface area contributed by atoms with Crippen LogP contribution < -0.4 is 10.9 Å². The molecular weight excluding hydrogens is 334 g/mol. The fourth-order valence-electron chi connectivity index (χ4n) is 2.77. The minimum Gasteiger partial charge on any atom is -0.480 e. The van der Waals surface area contributed by atoms with Gasteiger partial charge < -0.3 is 10.4 Å². The number of aryl methyl sites for hydroxylation is 1. The summed E-state index contributed by atoms with van der Waals surface area (Å²) in [6.07, 6.45) is 4.00. The van der Waals surface area contributed by atoms with Gasteiger partial charge in [0.25, 0.3) is 5.56 Å². The average molecular weight is 359 g/mol. The number of nitrogens with zero attached hydrogens (tertiary/aromatic N) is 2. The Morgan fingerprint density at radius 2 is 1.92 bits per heavy atom. The van der Waals surface area contributed by atoms with Crippen molar-refractivity contribution in [2.75, 3.05) is 0 Å². The highest BCUT2D eigenvalue weighted by atomic mass is 16.4. The van der Waals surface area contributed by atoms with Gasteiger partial charge in [0, 0.05) is 13.0 Å². The second kappa shape index (κ2) is 9.12. The Morgan fingerprint density at radius 3 is 2.62 bits per heavy atom. The Balaban J connectivity index is 1.77. The first-order chi connectivity index (χ1) is 12.4. The molecule has 0 radical (unpaired) electrons. The number of aromatic nitrogens is 2. The lowest BCUT2D eigenvalue weighted by Crippen LogP contribution is -2.44. The maximum Gasteiger partial charge on any atom is 0.326 e. The summed E-state index contributed by atoms with van der Waals surface area (Å²) in [6.45, 7) is 4.06. The number of para-hydroxylation sites is 1. The number of hydrogen-bond acceptors (Lipinski definition) is 4. The molecule has 0 aliphatic heterocycles. The van der Waals surface area contributed by atoms with Crippen LogP contribution >= 0.6 is 0 Å². The minimum absolute atomic E-state index is 0.0606. The van der Waals surface area contributed by atoms with Crippen molar-refractivity contribution in [3.8, 4) is 0 Å².